The summed E-state index contributed by atoms with van der Waals surface area (Å²) in [5.41, 5.74) is 11.1. The van der Waals surface area contributed by atoms with E-state index in [1.165, 1.54) is 12.1 Å². The molecular formula is C13H16ClN3O2. The van der Waals surface area contributed by atoms with Crippen LogP contribution in [0, 0.1) is 0 Å². The first-order chi connectivity index (χ1) is 8.92. The van der Waals surface area contributed by atoms with Gasteiger partial charge in [0.25, 0.3) is 0 Å². The molecule has 0 aromatic heterocycles. The average Bonchev–Trinajstić information content (AvgIpc) is 2.79. The van der Waals surface area contributed by atoms with Crippen molar-refractivity contribution in [3.05, 3.63) is 28.8 Å². The Kier molecular flexibility index (Phi) is 3.78. The van der Waals surface area contributed by atoms with Crippen molar-refractivity contribution in [3.63, 3.8) is 0 Å². The first-order valence-corrected chi connectivity index (χ1v) is 6.50. The molecule has 1 aromatic carbocycles. The van der Waals surface area contributed by atoms with Crippen LogP contribution in [-0.4, -0.2) is 17.4 Å². The number of hydrogen-bond donors (Lipinski definition) is 3. The van der Waals surface area contributed by atoms with E-state index in [9.17, 15) is 9.59 Å². The highest BCUT2D eigenvalue weighted by Crippen LogP contribution is 2.29. The van der Waals surface area contributed by atoms with E-state index in [0.717, 1.165) is 12.8 Å². The van der Waals surface area contributed by atoms with Gasteiger partial charge in [-0.3, -0.25) is 9.59 Å². The third-order valence-corrected chi connectivity index (χ3v) is 3.77. The van der Waals surface area contributed by atoms with Gasteiger partial charge in [-0.1, -0.05) is 24.4 Å². The molecular weight excluding hydrogens is 266 g/mol. The van der Waals surface area contributed by atoms with Crippen LogP contribution < -0.4 is 16.8 Å². The van der Waals surface area contributed by atoms with E-state index in [0.29, 0.717) is 18.5 Å². The second-order valence-electron chi connectivity index (χ2n) is 4.88. The normalized spacial score (nSPS) is 17.2. The number of anilines is 1. The molecule has 0 saturated heterocycles. The van der Waals surface area contributed by atoms with Gasteiger partial charge in [-0.15, -0.1) is 0 Å². The molecule has 0 radical (unpaired) electrons. The van der Waals surface area contributed by atoms with Crippen molar-refractivity contribution in [2.24, 2.45) is 11.5 Å². The van der Waals surface area contributed by atoms with Gasteiger partial charge in [0.2, 0.25) is 11.8 Å². The van der Waals surface area contributed by atoms with Crippen LogP contribution in [0.5, 0.6) is 0 Å². The quantitative estimate of drug-likeness (QED) is 0.785. The highest BCUT2D eigenvalue weighted by atomic mass is 35.5. The lowest BCUT2D eigenvalue weighted by molar-refractivity contribution is -0.121. The molecule has 2 amide bonds. The smallest absolute Gasteiger partial charge is 0.250 e. The van der Waals surface area contributed by atoms with Crippen molar-refractivity contribution in [2.75, 3.05) is 5.32 Å². The van der Waals surface area contributed by atoms with Crippen molar-refractivity contribution >= 4 is 29.1 Å². The molecule has 0 aliphatic heterocycles. The van der Waals surface area contributed by atoms with Gasteiger partial charge >= 0.3 is 0 Å². The standard InChI is InChI=1S/C13H16ClN3O2/c14-10-4-3-8(7-9(10)11(15)18)17-12(19)13(16)5-1-2-6-13/h3-4,7H,1-2,5-6,16H2,(H2,15,18)(H,17,19). The number of hydrogen-bond acceptors (Lipinski definition) is 3. The number of carbonyl (C=O) groups excluding carboxylic acids is 2. The molecule has 1 fully saturated rings. The van der Waals surface area contributed by atoms with Crippen LogP contribution >= 0.6 is 11.6 Å². The van der Waals surface area contributed by atoms with Gasteiger partial charge in [0.1, 0.15) is 0 Å². The minimum atomic E-state index is -0.813. The predicted molar refractivity (Wildman–Crippen MR) is 74.0 cm³/mol. The van der Waals surface area contributed by atoms with Crippen molar-refractivity contribution in [1.29, 1.82) is 0 Å². The number of amides is 2. The van der Waals surface area contributed by atoms with E-state index in [1.54, 1.807) is 6.07 Å². The fourth-order valence-corrected chi connectivity index (χ4v) is 2.49. The summed E-state index contributed by atoms with van der Waals surface area (Å²) in [5.74, 6) is -0.868. The van der Waals surface area contributed by atoms with Crippen molar-refractivity contribution in [1.82, 2.24) is 0 Å². The molecule has 0 spiro atoms. The number of nitrogens with two attached hydrogens (primary N) is 2. The van der Waals surface area contributed by atoms with Gasteiger partial charge in [0.15, 0.2) is 0 Å². The maximum Gasteiger partial charge on any atom is 0.250 e. The lowest BCUT2D eigenvalue weighted by atomic mass is 9.98. The Labute approximate surface area is 116 Å². The third kappa shape index (κ3) is 2.88. The number of benzene rings is 1. The maximum absolute atomic E-state index is 12.1. The Morgan fingerprint density at radius 3 is 2.47 bits per heavy atom. The van der Waals surface area contributed by atoms with E-state index in [4.69, 9.17) is 23.1 Å². The van der Waals surface area contributed by atoms with E-state index in [1.807, 2.05) is 0 Å². The molecule has 1 saturated carbocycles. The lowest BCUT2D eigenvalue weighted by Gasteiger charge is -2.22. The summed E-state index contributed by atoms with van der Waals surface area (Å²) < 4.78 is 0. The van der Waals surface area contributed by atoms with E-state index in [-0.39, 0.29) is 16.5 Å². The number of rotatable bonds is 3. The van der Waals surface area contributed by atoms with Crippen LogP contribution in [0.2, 0.25) is 5.02 Å². The molecule has 0 atom stereocenters. The second-order valence-corrected chi connectivity index (χ2v) is 5.28. The summed E-state index contributed by atoms with van der Waals surface area (Å²) >= 11 is 5.84. The summed E-state index contributed by atoms with van der Waals surface area (Å²) in [6.07, 6.45) is 3.26. The van der Waals surface area contributed by atoms with Crippen LogP contribution in [0.15, 0.2) is 18.2 Å². The Morgan fingerprint density at radius 2 is 1.89 bits per heavy atom. The van der Waals surface area contributed by atoms with Crippen LogP contribution in [-0.2, 0) is 4.79 Å². The van der Waals surface area contributed by atoms with Gasteiger partial charge in [-0.05, 0) is 31.0 Å². The zero-order valence-corrected chi connectivity index (χ0v) is 11.2. The fourth-order valence-electron chi connectivity index (χ4n) is 2.28. The van der Waals surface area contributed by atoms with Gasteiger partial charge in [0, 0.05) is 5.69 Å². The number of carbonyl (C=O) groups is 2. The van der Waals surface area contributed by atoms with Gasteiger partial charge < -0.3 is 16.8 Å². The van der Waals surface area contributed by atoms with Crippen molar-refractivity contribution < 1.29 is 9.59 Å². The maximum atomic E-state index is 12.1. The van der Waals surface area contributed by atoms with E-state index >= 15 is 0 Å². The molecule has 1 aliphatic rings. The summed E-state index contributed by atoms with van der Waals surface area (Å²) in [5, 5.41) is 2.97. The molecule has 0 unspecified atom stereocenters. The topological polar surface area (TPSA) is 98.2 Å². The summed E-state index contributed by atoms with van der Waals surface area (Å²) in [4.78, 5) is 23.3. The fraction of sp³-hybridized carbons (Fsp3) is 0.385. The van der Waals surface area contributed by atoms with Crippen molar-refractivity contribution in [3.8, 4) is 0 Å². The molecule has 6 heteroatoms. The SMILES string of the molecule is NC(=O)c1cc(NC(=O)C2(N)CCCC2)ccc1Cl. The first-order valence-electron chi connectivity index (χ1n) is 6.12. The second kappa shape index (κ2) is 5.19. The molecule has 5 N–H and O–H groups in total. The molecule has 2 rings (SSSR count). The third-order valence-electron chi connectivity index (χ3n) is 3.44. The lowest BCUT2D eigenvalue weighted by Crippen LogP contribution is -2.48. The Balaban J connectivity index is 2.17. The predicted octanol–water partition coefficient (Wildman–Crippen LogP) is 1.65. The number of nitrogens with one attached hydrogen (secondary N) is 1. The number of halogens is 1. The number of primary amides is 1. The Morgan fingerprint density at radius 1 is 1.26 bits per heavy atom. The largest absolute Gasteiger partial charge is 0.366 e. The van der Waals surface area contributed by atoms with E-state index < -0.39 is 11.4 Å². The first kappa shape index (κ1) is 13.8. The highest BCUT2D eigenvalue weighted by Gasteiger charge is 2.37. The molecule has 0 bridgehead atoms. The zero-order valence-electron chi connectivity index (χ0n) is 10.4. The zero-order chi connectivity index (χ0) is 14.0. The van der Waals surface area contributed by atoms with Gasteiger partial charge in [0.05, 0.1) is 16.1 Å². The van der Waals surface area contributed by atoms with E-state index in [2.05, 4.69) is 5.32 Å². The summed E-state index contributed by atoms with van der Waals surface area (Å²) in [6, 6.07) is 4.60. The van der Waals surface area contributed by atoms with Gasteiger partial charge in [-0.2, -0.15) is 0 Å². The average molecular weight is 282 g/mol. The van der Waals surface area contributed by atoms with Crippen LogP contribution in [0.3, 0.4) is 0 Å². The minimum absolute atomic E-state index is 0.178. The Bertz CT molecular complexity index is 525. The monoisotopic (exact) mass is 281 g/mol. The molecule has 102 valence electrons. The van der Waals surface area contributed by atoms with Gasteiger partial charge in [-0.25, -0.2) is 0 Å². The van der Waals surface area contributed by atoms with Crippen LogP contribution in [0.1, 0.15) is 36.0 Å². The Hall–Kier alpha value is -1.59. The molecule has 5 nitrogen and oxygen atoms in total. The highest BCUT2D eigenvalue weighted by molar-refractivity contribution is 6.34. The van der Waals surface area contributed by atoms with Crippen molar-refractivity contribution in [2.45, 2.75) is 31.2 Å². The minimum Gasteiger partial charge on any atom is -0.366 e. The van der Waals surface area contributed by atoms with Crippen LogP contribution in [0.25, 0.3) is 0 Å². The molecule has 1 aliphatic carbocycles. The molecule has 1 aromatic rings. The summed E-state index contributed by atoms with van der Waals surface area (Å²) in [7, 11) is 0. The van der Waals surface area contributed by atoms with Crippen LogP contribution in [0.4, 0.5) is 5.69 Å². The molecule has 19 heavy (non-hydrogen) atoms. The summed E-state index contributed by atoms with van der Waals surface area (Å²) in [6.45, 7) is 0. The molecule has 0 heterocycles.